The predicted octanol–water partition coefficient (Wildman–Crippen LogP) is 2.10. The SMILES string of the molecule is O=C(CCNS(=O)(=O)c1ccc(OC(F)(F)F)cc1)NCC(O)c1ccccc1. The number of carbonyl (C=O) groups excluding carboxylic acids is 1. The summed E-state index contributed by atoms with van der Waals surface area (Å²) in [6.07, 6.45) is -5.95. The van der Waals surface area contributed by atoms with Crippen molar-refractivity contribution in [3.05, 3.63) is 60.2 Å². The van der Waals surface area contributed by atoms with Crippen LogP contribution in [0.2, 0.25) is 0 Å². The first-order valence-electron chi connectivity index (χ1n) is 8.42. The Morgan fingerprint density at radius 2 is 1.69 bits per heavy atom. The molecule has 0 heterocycles. The molecule has 0 aromatic heterocycles. The fourth-order valence-electron chi connectivity index (χ4n) is 2.29. The second-order valence-corrected chi connectivity index (χ2v) is 7.66. The standard InChI is InChI=1S/C18H19F3N2O5S/c19-18(20,21)28-14-6-8-15(9-7-14)29(26,27)23-11-10-17(25)22-12-16(24)13-4-2-1-3-5-13/h1-9,16,23-24H,10-12H2,(H,22,25). The number of carbonyl (C=O) groups is 1. The van der Waals surface area contributed by atoms with Crippen molar-refractivity contribution in [1.82, 2.24) is 10.0 Å². The smallest absolute Gasteiger partial charge is 0.406 e. The Hall–Kier alpha value is -2.63. The molecule has 3 N–H and O–H groups in total. The maximum absolute atomic E-state index is 12.1. The molecule has 2 rings (SSSR count). The Balaban J connectivity index is 1.79. The van der Waals surface area contributed by atoms with E-state index in [2.05, 4.69) is 14.8 Å². The number of aliphatic hydroxyl groups excluding tert-OH is 1. The fourth-order valence-corrected chi connectivity index (χ4v) is 3.33. The van der Waals surface area contributed by atoms with E-state index in [9.17, 15) is 31.5 Å². The third kappa shape index (κ3) is 7.72. The second kappa shape index (κ2) is 9.72. The number of benzene rings is 2. The molecule has 2 aromatic carbocycles. The van der Waals surface area contributed by atoms with E-state index in [1.807, 2.05) is 0 Å². The highest BCUT2D eigenvalue weighted by atomic mass is 32.2. The zero-order valence-corrected chi connectivity index (χ0v) is 15.8. The molecule has 0 saturated heterocycles. The number of hydrogen-bond acceptors (Lipinski definition) is 5. The number of ether oxygens (including phenoxy) is 1. The lowest BCUT2D eigenvalue weighted by Gasteiger charge is -2.12. The molecule has 29 heavy (non-hydrogen) atoms. The van der Waals surface area contributed by atoms with E-state index < -0.39 is 34.1 Å². The van der Waals surface area contributed by atoms with Crippen molar-refractivity contribution < 1.29 is 36.2 Å². The van der Waals surface area contributed by atoms with Crippen LogP contribution >= 0.6 is 0 Å². The van der Waals surface area contributed by atoms with E-state index in [0.29, 0.717) is 5.56 Å². The number of sulfonamides is 1. The van der Waals surface area contributed by atoms with Gasteiger partial charge in [0.25, 0.3) is 0 Å². The Labute approximate surface area is 165 Å². The van der Waals surface area contributed by atoms with Gasteiger partial charge in [0, 0.05) is 19.5 Å². The van der Waals surface area contributed by atoms with E-state index in [-0.39, 0.29) is 24.4 Å². The molecule has 0 fully saturated rings. The highest BCUT2D eigenvalue weighted by Crippen LogP contribution is 2.23. The summed E-state index contributed by atoms with van der Waals surface area (Å²) in [6.45, 7) is -0.257. The van der Waals surface area contributed by atoms with Crippen molar-refractivity contribution in [2.45, 2.75) is 23.8 Å². The van der Waals surface area contributed by atoms with Gasteiger partial charge in [-0.05, 0) is 29.8 Å². The van der Waals surface area contributed by atoms with Gasteiger partial charge in [-0.15, -0.1) is 13.2 Å². The molecule has 1 atom stereocenters. The lowest BCUT2D eigenvalue weighted by Crippen LogP contribution is -2.32. The molecule has 0 bridgehead atoms. The van der Waals surface area contributed by atoms with E-state index in [4.69, 9.17) is 0 Å². The van der Waals surface area contributed by atoms with Crippen LogP contribution in [0.25, 0.3) is 0 Å². The molecule has 158 valence electrons. The highest BCUT2D eigenvalue weighted by Gasteiger charge is 2.31. The van der Waals surface area contributed by atoms with E-state index >= 15 is 0 Å². The van der Waals surface area contributed by atoms with Crippen LogP contribution in [0.4, 0.5) is 13.2 Å². The minimum Gasteiger partial charge on any atom is -0.406 e. The number of alkyl halides is 3. The van der Waals surface area contributed by atoms with Crippen LogP contribution < -0.4 is 14.8 Å². The molecular weight excluding hydrogens is 413 g/mol. The Bertz CT molecular complexity index is 903. The molecular formula is C18H19F3N2O5S. The maximum Gasteiger partial charge on any atom is 0.573 e. The maximum atomic E-state index is 12.1. The first kappa shape index (κ1) is 22.7. The lowest BCUT2D eigenvalue weighted by atomic mass is 10.1. The monoisotopic (exact) mass is 432 g/mol. The molecule has 0 saturated carbocycles. The minimum absolute atomic E-state index is 0.0315. The van der Waals surface area contributed by atoms with Gasteiger partial charge in [0.15, 0.2) is 0 Å². The van der Waals surface area contributed by atoms with Gasteiger partial charge in [-0.1, -0.05) is 30.3 Å². The molecule has 7 nitrogen and oxygen atoms in total. The molecule has 0 aliphatic rings. The summed E-state index contributed by atoms with van der Waals surface area (Å²) in [4.78, 5) is 11.5. The molecule has 1 unspecified atom stereocenters. The quantitative estimate of drug-likeness (QED) is 0.563. The molecule has 0 spiro atoms. The number of halogens is 3. The van der Waals surface area contributed by atoms with Crippen molar-refractivity contribution in [2.24, 2.45) is 0 Å². The van der Waals surface area contributed by atoms with Crippen LogP contribution in [0.3, 0.4) is 0 Å². The van der Waals surface area contributed by atoms with Gasteiger partial charge in [-0.2, -0.15) is 0 Å². The second-order valence-electron chi connectivity index (χ2n) is 5.90. The normalized spacial score (nSPS) is 13.0. The van der Waals surface area contributed by atoms with Crippen LogP contribution in [0.5, 0.6) is 5.75 Å². The van der Waals surface area contributed by atoms with Gasteiger partial charge in [0.1, 0.15) is 5.75 Å². The topological polar surface area (TPSA) is 105 Å². The van der Waals surface area contributed by atoms with Crippen molar-refractivity contribution in [3.8, 4) is 5.75 Å². The summed E-state index contributed by atoms with van der Waals surface area (Å²) in [5.41, 5.74) is 0.631. The van der Waals surface area contributed by atoms with Gasteiger partial charge < -0.3 is 15.2 Å². The number of aliphatic hydroxyl groups is 1. The van der Waals surface area contributed by atoms with Gasteiger partial charge in [0.2, 0.25) is 15.9 Å². The van der Waals surface area contributed by atoms with Crippen molar-refractivity contribution in [2.75, 3.05) is 13.1 Å². The zero-order chi connectivity index (χ0) is 21.5. The van der Waals surface area contributed by atoms with Gasteiger partial charge in [-0.25, -0.2) is 13.1 Å². The summed E-state index contributed by atoms with van der Waals surface area (Å²) in [5.74, 6) is -1.02. The third-order valence-electron chi connectivity index (χ3n) is 3.69. The molecule has 0 radical (unpaired) electrons. The van der Waals surface area contributed by atoms with Gasteiger partial charge >= 0.3 is 6.36 Å². The molecule has 2 aromatic rings. The number of hydrogen-bond donors (Lipinski definition) is 3. The van der Waals surface area contributed by atoms with Crippen LogP contribution in [0.1, 0.15) is 18.1 Å². The summed E-state index contributed by atoms with van der Waals surface area (Å²) in [6, 6.07) is 12.4. The largest absolute Gasteiger partial charge is 0.573 e. The molecule has 0 aliphatic heterocycles. The third-order valence-corrected chi connectivity index (χ3v) is 5.17. The van der Waals surface area contributed by atoms with Crippen molar-refractivity contribution in [3.63, 3.8) is 0 Å². The van der Waals surface area contributed by atoms with Crippen molar-refractivity contribution in [1.29, 1.82) is 0 Å². The van der Waals surface area contributed by atoms with Crippen LogP contribution in [0.15, 0.2) is 59.5 Å². The van der Waals surface area contributed by atoms with E-state index in [1.54, 1.807) is 30.3 Å². The summed E-state index contributed by atoms with van der Waals surface area (Å²) >= 11 is 0. The van der Waals surface area contributed by atoms with Gasteiger partial charge in [-0.3, -0.25) is 4.79 Å². The average Bonchev–Trinajstić information content (AvgIpc) is 2.66. The van der Waals surface area contributed by atoms with E-state index in [0.717, 1.165) is 24.3 Å². The average molecular weight is 432 g/mol. The Morgan fingerprint density at radius 3 is 2.28 bits per heavy atom. The summed E-state index contributed by atoms with van der Waals surface area (Å²) in [5, 5.41) is 12.4. The zero-order valence-electron chi connectivity index (χ0n) is 15.0. The van der Waals surface area contributed by atoms with Crippen LogP contribution in [0, 0.1) is 0 Å². The first-order valence-corrected chi connectivity index (χ1v) is 9.90. The summed E-state index contributed by atoms with van der Waals surface area (Å²) in [7, 11) is -4.01. The molecule has 11 heteroatoms. The minimum atomic E-state index is -4.87. The van der Waals surface area contributed by atoms with Gasteiger partial charge in [0.05, 0.1) is 11.0 Å². The number of nitrogens with one attached hydrogen (secondary N) is 2. The highest BCUT2D eigenvalue weighted by molar-refractivity contribution is 7.89. The summed E-state index contributed by atoms with van der Waals surface area (Å²) < 4.78 is 66.4. The number of rotatable bonds is 9. The lowest BCUT2D eigenvalue weighted by molar-refractivity contribution is -0.274. The Morgan fingerprint density at radius 1 is 1.07 bits per heavy atom. The first-order chi connectivity index (χ1) is 13.6. The van der Waals surface area contributed by atoms with E-state index in [1.165, 1.54) is 0 Å². The van der Waals surface area contributed by atoms with Crippen LogP contribution in [-0.4, -0.2) is 38.9 Å². The predicted molar refractivity (Wildman–Crippen MR) is 97.3 cm³/mol. The van der Waals surface area contributed by atoms with Crippen LogP contribution in [-0.2, 0) is 14.8 Å². The fraction of sp³-hybridized carbons (Fsp3) is 0.278. The molecule has 0 aliphatic carbocycles. The number of amides is 1. The van der Waals surface area contributed by atoms with Crippen molar-refractivity contribution >= 4 is 15.9 Å². The Kier molecular flexibility index (Phi) is 7.59. The molecule has 1 amide bonds.